The highest BCUT2D eigenvalue weighted by molar-refractivity contribution is 9.11. The maximum Gasteiger partial charge on any atom is 0.0701 e. The number of thiophene rings is 1. The lowest BCUT2D eigenvalue weighted by Crippen LogP contribution is -2.50. The van der Waals surface area contributed by atoms with Crippen molar-refractivity contribution in [3.63, 3.8) is 0 Å². The van der Waals surface area contributed by atoms with Gasteiger partial charge >= 0.3 is 0 Å². The zero-order valence-corrected chi connectivity index (χ0v) is 12.1. The van der Waals surface area contributed by atoms with Gasteiger partial charge in [0.05, 0.1) is 3.79 Å². The summed E-state index contributed by atoms with van der Waals surface area (Å²) >= 11 is 5.37. The van der Waals surface area contributed by atoms with Crippen LogP contribution in [0.25, 0.3) is 0 Å². The highest BCUT2D eigenvalue weighted by Gasteiger charge is 2.17. The van der Waals surface area contributed by atoms with Crippen LogP contribution in [0, 0.1) is 0 Å². The molecule has 90 valence electrons. The lowest BCUT2D eigenvalue weighted by Gasteiger charge is -2.33. The van der Waals surface area contributed by atoms with Gasteiger partial charge < -0.3 is 10.2 Å². The van der Waals surface area contributed by atoms with Crippen molar-refractivity contribution in [2.45, 2.75) is 25.8 Å². The average Bonchev–Trinajstić information content (AvgIpc) is 2.73. The molecule has 1 aromatic rings. The van der Waals surface area contributed by atoms with E-state index in [-0.39, 0.29) is 0 Å². The van der Waals surface area contributed by atoms with Gasteiger partial charge in [-0.15, -0.1) is 11.3 Å². The molecular formula is C12H19BrN2S. The molecule has 0 aromatic carbocycles. The maximum absolute atomic E-state index is 3.55. The molecule has 0 saturated carbocycles. The monoisotopic (exact) mass is 302 g/mol. The van der Waals surface area contributed by atoms with Crippen molar-refractivity contribution in [3.8, 4) is 0 Å². The minimum Gasteiger partial charge on any atom is -0.311 e. The molecule has 0 bridgehead atoms. The van der Waals surface area contributed by atoms with Crippen molar-refractivity contribution in [1.82, 2.24) is 10.2 Å². The van der Waals surface area contributed by atoms with Crippen molar-refractivity contribution >= 4 is 27.3 Å². The van der Waals surface area contributed by atoms with Crippen LogP contribution in [0.5, 0.6) is 0 Å². The summed E-state index contributed by atoms with van der Waals surface area (Å²) in [4.78, 5) is 4.07. The lowest BCUT2D eigenvalue weighted by atomic mass is 10.1. The zero-order chi connectivity index (χ0) is 11.4. The Kier molecular flexibility index (Phi) is 4.82. The molecule has 16 heavy (non-hydrogen) atoms. The fraction of sp³-hybridized carbons (Fsp3) is 0.667. The Morgan fingerprint density at radius 2 is 2.44 bits per heavy atom. The number of rotatable bonds is 4. The summed E-state index contributed by atoms with van der Waals surface area (Å²) in [7, 11) is 0. The van der Waals surface area contributed by atoms with Crippen molar-refractivity contribution in [1.29, 1.82) is 0 Å². The Labute approximate surface area is 110 Å². The number of piperazine rings is 1. The molecule has 0 amide bonds. The van der Waals surface area contributed by atoms with Crippen LogP contribution in [-0.4, -0.2) is 37.1 Å². The van der Waals surface area contributed by atoms with E-state index in [0.29, 0.717) is 6.04 Å². The van der Waals surface area contributed by atoms with E-state index in [1.54, 1.807) is 0 Å². The van der Waals surface area contributed by atoms with E-state index in [2.05, 4.69) is 45.2 Å². The molecule has 1 aliphatic heterocycles. The third-order valence-electron chi connectivity index (χ3n) is 3.14. The Hall–Kier alpha value is 0.1000. The quantitative estimate of drug-likeness (QED) is 0.920. The van der Waals surface area contributed by atoms with Gasteiger partial charge in [-0.25, -0.2) is 0 Å². The summed E-state index contributed by atoms with van der Waals surface area (Å²) in [6.45, 7) is 7.02. The van der Waals surface area contributed by atoms with E-state index in [4.69, 9.17) is 0 Å². The molecule has 1 unspecified atom stereocenters. The van der Waals surface area contributed by atoms with E-state index in [1.807, 2.05) is 11.3 Å². The van der Waals surface area contributed by atoms with Crippen LogP contribution in [0.4, 0.5) is 0 Å². The molecule has 0 radical (unpaired) electrons. The van der Waals surface area contributed by atoms with Crippen molar-refractivity contribution in [2.24, 2.45) is 0 Å². The fourth-order valence-corrected chi connectivity index (χ4v) is 3.60. The molecule has 1 fully saturated rings. The van der Waals surface area contributed by atoms with Crippen LogP contribution in [0.15, 0.2) is 15.9 Å². The number of halogens is 1. The summed E-state index contributed by atoms with van der Waals surface area (Å²) in [5, 5.41) is 3.55. The van der Waals surface area contributed by atoms with Gasteiger partial charge in [-0.05, 0) is 40.9 Å². The summed E-state index contributed by atoms with van der Waals surface area (Å²) in [6.07, 6.45) is 2.42. The van der Waals surface area contributed by atoms with Crippen LogP contribution in [0.2, 0.25) is 0 Å². The number of hydrogen-bond acceptors (Lipinski definition) is 3. The highest BCUT2D eigenvalue weighted by atomic mass is 79.9. The molecule has 1 aliphatic rings. The first-order valence-electron chi connectivity index (χ1n) is 5.98. The predicted octanol–water partition coefficient (Wildman–Crippen LogP) is 2.74. The number of nitrogens with zero attached hydrogens (tertiary/aromatic N) is 1. The normalized spacial score (nSPS) is 22.5. The summed E-state index contributed by atoms with van der Waals surface area (Å²) in [5.74, 6) is 0. The van der Waals surface area contributed by atoms with Gasteiger partial charge in [0, 0.05) is 37.1 Å². The van der Waals surface area contributed by atoms with Gasteiger partial charge in [-0.3, -0.25) is 0 Å². The van der Waals surface area contributed by atoms with Gasteiger partial charge in [0.25, 0.3) is 0 Å². The molecule has 1 saturated heterocycles. The molecule has 1 aromatic heterocycles. The van der Waals surface area contributed by atoms with Crippen LogP contribution >= 0.6 is 27.3 Å². The SMILES string of the molecule is CCC1CN(CCc2ccc(Br)s2)CCN1. The zero-order valence-electron chi connectivity index (χ0n) is 9.71. The second kappa shape index (κ2) is 6.15. The van der Waals surface area contributed by atoms with Gasteiger partial charge in [0.15, 0.2) is 0 Å². The number of nitrogens with one attached hydrogen (secondary N) is 1. The maximum atomic E-state index is 3.55. The van der Waals surface area contributed by atoms with Gasteiger partial charge in [0.1, 0.15) is 0 Å². The molecule has 2 heterocycles. The molecule has 0 aliphatic carbocycles. The molecule has 4 heteroatoms. The van der Waals surface area contributed by atoms with Gasteiger partial charge in [-0.2, -0.15) is 0 Å². The molecule has 1 N–H and O–H groups in total. The van der Waals surface area contributed by atoms with Crippen LogP contribution in [-0.2, 0) is 6.42 Å². The highest BCUT2D eigenvalue weighted by Crippen LogP contribution is 2.22. The third kappa shape index (κ3) is 3.55. The summed E-state index contributed by atoms with van der Waals surface area (Å²) < 4.78 is 1.24. The molecule has 2 rings (SSSR count). The second-order valence-corrected chi connectivity index (χ2v) is 6.86. The average molecular weight is 303 g/mol. The Balaban J connectivity index is 1.77. The largest absolute Gasteiger partial charge is 0.311 e. The first-order chi connectivity index (χ1) is 7.78. The number of hydrogen-bond donors (Lipinski definition) is 1. The summed E-state index contributed by atoms with van der Waals surface area (Å²) in [5.41, 5.74) is 0. The molecule has 0 spiro atoms. The van der Waals surface area contributed by atoms with Crippen molar-refractivity contribution in [3.05, 3.63) is 20.8 Å². The Bertz CT molecular complexity index is 327. The smallest absolute Gasteiger partial charge is 0.0701 e. The lowest BCUT2D eigenvalue weighted by molar-refractivity contribution is 0.199. The van der Waals surface area contributed by atoms with E-state index in [0.717, 1.165) is 6.54 Å². The Morgan fingerprint density at radius 1 is 1.56 bits per heavy atom. The first kappa shape index (κ1) is 12.6. The Morgan fingerprint density at radius 3 is 3.12 bits per heavy atom. The van der Waals surface area contributed by atoms with Crippen LogP contribution in [0.1, 0.15) is 18.2 Å². The van der Waals surface area contributed by atoms with Gasteiger partial charge in [-0.1, -0.05) is 6.92 Å². The topological polar surface area (TPSA) is 15.3 Å². The van der Waals surface area contributed by atoms with Crippen molar-refractivity contribution < 1.29 is 0 Å². The van der Waals surface area contributed by atoms with Gasteiger partial charge in [0.2, 0.25) is 0 Å². The second-order valence-electron chi connectivity index (χ2n) is 4.32. The molecular weight excluding hydrogens is 284 g/mol. The minimum absolute atomic E-state index is 0.698. The van der Waals surface area contributed by atoms with E-state index in [9.17, 15) is 0 Å². The first-order valence-corrected chi connectivity index (χ1v) is 7.59. The van der Waals surface area contributed by atoms with E-state index in [1.165, 1.54) is 41.1 Å². The van der Waals surface area contributed by atoms with Crippen molar-refractivity contribution in [2.75, 3.05) is 26.2 Å². The summed E-state index contributed by atoms with van der Waals surface area (Å²) in [6, 6.07) is 5.07. The molecule has 1 atom stereocenters. The van der Waals surface area contributed by atoms with Crippen LogP contribution < -0.4 is 5.32 Å². The fourth-order valence-electron chi connectivity index (χ4n) is 2.13. The minimum atomic E-state index is 0.698. The molecule has 2 nitrogen and oxygen atoms in total. The third-order valence-corrected chi connectivity index (χ3v) is 4.82. The van der Waals surface area contributed by atoms with E-state index < -0.39 is 0 Å². The standard InChI is InChI=1S/C12H19BrN2S/c1-2-10-9-15(8-6-14-10)7-5-11-3-4-12(13)16-11/h3-4,10,14H,2,5-9H2,1H3. The van der Waals surface area contributed by atoms with Crippen LogP contribution in [0.3, 0.4) is 0 Å². The predicted molar refractivity (Wildman–Crippen MR) is 74.2 cm³/mol. The van der Waals surface area contributed by atoms with E-state index >= 15 is 0 Å².